The fraction of sp³-hybridized carbons (Fsp3) is 0.200. The molecule has 0 saturated heterocycles. The number of hydrogen-bond donors (Lipinski definition) is 1. The van der Waals surface area contributed by atoms with Crippen molar-refractivity contribution in [3.8, 4) is 5.75 Å². The average molecular weight is 297 g/mol. The lowest BCUT2D eigenvalue weighted by atomic mass is 9.89. The molecule has 2 N–H and O–H groups in total. The van der Waals surface area contributed by atoms with E-state index < -0.39 is 34.6 Å². The Morgan fingerprint density at radius 1 is 0.952 bits per heavy atom. The maximum absolute atomic E-state index is 13.8. The van der Waals surface area contributed by atoms with Gasteiger partial charge >= 0.3 is 0 Å². The van der Waals surface area contributed by atoms with E-state index in [1.54, 1.807) is 30.3 Å². The Bertz CT molecular complexity index is 666. The Morgan fingerprint density at radius 2 is 1.57 bits per heavy atom. The molecule has 6 heteroatoms. The second-order valence-corrected chi connectivity index (χ2v) is 4.91. The highest BCUT2D eigenvalue weighted by Gasteiger charge is 2.45. The van der Waals surface area contributed by atoms with E-state index in [9.17, 15) is 17.6 Å². The summed E-state index contributed by atoms with van der Waals surface area (Å²) in [6, 6.07) is 8.55. The molecule has 0 fully saturated rings. The number of halogens is 4. The van der Waals surface area contributed by atoms with Crippen molar-refractivity contribution in [2.75, 3.05) is 6.54 Å². The molecule has 3 rings (SSSR count). The van der Waals surface area contributed by atoms with Crippen LogP contribution in [-0.2, 0) is 12.0 Å². The van der Waals surface area contributed by atoms with Crippen molar-refractivity contribution in [3.05, 3.63) is 64.7 Å². The van der Waals surface area contributed by atoms with Gasteiger partial charge in [0.15, 0.2) is 23.0 Å². The van der Waals surface area contributed by atoms with Crippen molar-refractivity contribution in [3.63, 3.8) is 0 Å². The summed E-state index contributed by atoms with van der Waals surface area (Å²) in [6.45, 7) is -0.0895. The van der Waals surface area contributed by atoms with Crippen LogP contribution in [0.2, 0.25) is 0 Å². The molecule has 2 aromatic carbocycles. The molecule has 0 saturated carbocycles. The molecule has 1 atom stereocenters. The molecule has 2 aromatic rings. The van der Waals surface area contributed by atoms with Gasteiger partial charge in [0.2, 0.25) is 11.6 Å². The van der Waals surface area contributed by atoms with E-state index >= 15 is 0 Å². The van der Waals surface area contributed by atoms with Gasteiger partial charge in [0.05, 0.1) is 0 Å². The Labute approximate surface area is 118 Å². The molecule has 0 amide bonds. The van der Waals surface area contributed by atoms with Crippen molar-refractivity contribution in [1.29, 1.82) is 0 Å². The standard InChI is InChI=1S/C15H11F4NO/c16-10-9-6-15(7-20,8-4-2-1-3-5-8)21-14(9)13(19)12(18)11(10)17/h1-5H,6-7,20H2. The van der Waals surface area contributed by atoms with E-state index in [0.717, 1.165) is 0 Å². The Kier molecular flexibility index (Phi) is 3.13. The van der Waals surface area contributed by atoms with Crippen molar-refractivity contribution in [1.82, 2.24) is 0 Å². The lowest BCUT2D eigenvalue weighted by Crippen LogP contribution is -2.39. The summed E-state index contributed by atoms with van der Waals surface area (Å²) in [5.41, 5.74) is 4.72. The van der Waals surface area contributed by atoms with Crippen molar-refractivity contribution < 1.29 is 22.3 Å². The molecule has 0 spiro atoms. The Balaban J connectivity index is 2.16. The molecule has 1 heterocycles. The number of rotatable bonds is 2. The summed E-state index contributed by atoms with van der Waals surface area (Å²) < 4.78 is 59.7. The zero-order valence-corrected chi connectivity index (χ0v) is 10.8. The minimum absolute atomic E-state index is 0.0895. The van der Waals surface area contributed by atoms with Crippen LogP contribution in [0.15, 0.2) is 30.3 Å². The van der Waals surface area contributed by atoms with Gasteiger partial charge in [-0.05, 0) is 5.56 Å². The molecule has 21 heavy (non-hydrogen) atoms. The van der Waals surface area contributed by atoms with Crippen LogP contribution in [0.5, 0.6) is 5.75 Å². The summed E-state index contributed by atoms with van der Waals surface area (Å²) in [6.07, 6.45) is -0.164. The second kappa shape index (κ2) is 4.73. The minimum Gasteiger partial charge on any atom is -0.477 e. The zero-order valence-electron chi connectivity index (χ0n) is 10.8. The van der Waals surface area contributed by atoms with E-state index in [-0.39, 0.29) is 18.5 Å². The summed E-state index contributed by atoms with van der Waals surface area (Å²) >= 11 is 0. The van der Waals surface area contributed by atoms with Crippen LogP contribution in [0.3, 0.4) is 0 Å². The van der Waals surface area contributed by atoms with Crippen molar-refractivity contribution in [2.45, 2.75) is 12.0 Å². The number of nitrogens with two attached hydrogens (primary N) is 1. The third kappa shape index (κ3) is 1.90. The normalized spacial score (nSPS) is 20.2. The van der Waals surface area contributed by atoms with E-state index in [4.69, 9.17) is 10.5 Å². The molecule has 1 aliphatic rings. The van der Waals surface area contributed by atoms with Gasteiger partial charge in [-0.3, -0.25) is 0 Å². The Morgan fingerprint density at radius 3 is 2.19 bits per heavy atom. The minimum atomic E-state index is -1.88. The summed E-state index contributed by atoms with van der Waals surface area (Å²) in [5, 5.41) is 0. The molecular formula is C15H11F4NO. The summed E-state index contributed by atoms with van der Waals surface area (Å²) in [7, 11) is 0. The first kappa shape index (κ1) is 13.9. The van der Waals surface area contributed by atoms with Gasteiger partial charge in [-0.15, -0.1) is 0 Å². The molecule has 0 aliphatic carbocycles. The van der Waals surface area contributed by atoms with Crippen LogP contribution >= 0.6 is 0 Å². The van der Waals surface area contributed by atoms with Gasteiger partial charge in [-0.1, -0.05) is 30.3 Å². The van der Waals surface area contributed by atoms with E-state index in [1.807, 2.05) is 0 Å². The van der Waals surface area contributed by atoms with Crippen LogP contribution < -0.4 is 10.5 Å². The molecule has 0 aromatic heterocycles. The average Bonchev–Trinajstić information content (AvgIpc) is 2.93. The smallest absolute Gasteiger partial charge is 0.204 e. The third-order valence-corrected chi connectivity index (χ3v) is 3.71. The maximum atomic E-state index is 13.8. The molecule has 2 nitrogen and oxygen atoms in total. The lowest BCUT2D eigenvalue weighted by molar-refractivity contribution is 0.0973. The number of ether oxygens (including phenoxy) is 1. The molecule has 0 radical (unpaired) electrons. The van der Waals surface area contributed by atoms with E-state index in [0.29, 0.717) is 5.56 Å². The second-order valence-electron chi connectivity index (χ2n) is 4.91. The molecular weight excluding hydrogens is 286 g/mol. The highest BCUT2D eigenvalue weighted by Crippen LogP contribution is 2.44. The first-order chi connectivity index (χ1) is 10.00. The van der Waals surface area contributed by atoms with Gasteiger partial charge in [-0.25, -0.2) is 13.2 Å². The fourth-order valence-electron chi connectivity index (χ4n) is 2.57. The summed E-state index contributed by atoms with van der Waals surface area (Å²) in [5.74, 6) is -7.30. The summed E-state index contributed by atoms with van der Waals surface area (Å²) in [4.78, 5) is 0. The SMILES string of the molecule is NCC1(c2ccccc2)Cc2c(F)c(F)c(F)c(F)c2O1. The van der Waals surface area contributed by atoms with Crippen molar-refractivity contribution >= 4 is 0 Å². The van der Waals surface area contributed by atoms with Gasteiger partial charge in [-0.2, -0.15) is 4.39 Å². The maximum Gasteiger partial charge on any atom is 0.204 e. The van der Waals surface area contributed by atoms with Crippen molar-refractivity contribution in [2.24, 2.45) is 5.73 Å². The largest absolute Gasteiger partial charge is 0.477 e. The van der Waals surface area contributed by atoms with Crippen LogP contribution in [0, 0.1) is 23.3 Å². The molecule has 1 aliphatic heterocycles. The van der Waals surface area contributed by atoms with Gasteiger partial charge in [0.1, 0.15) is 0 Å². The Hall–Kier alpha value is -2.08. The monoisotopic (exact) mass is 297 g/mol. The highest BCUT2D eigenvalue weighted by atomic mass is 19.2. The van der Waals surface area contributed by atoms with Crippen LogP contribution in [0.4, 0.5) is 17.6 Å². The molecule has 110 valence electrons. The molecule has 0 bridgehead atoms. The first-order valence-corrected chi connectivity index (χ1v) is 6.29. The lowest BCUT2D eigenvalue weighted by Gasteiger charge is -2.27. The number of benzene rings is 2. The highest BCUT2D eigenvalue weighted by molar-refractivity contribution is 5.45. The predicted octanol–water partition coefficient (Wildman–Crippen LogP) is 3.03. The quantitative estimate of drug-likeness (QED) is 0.525. The first-order valence-electron chi connectivity index (χ1n) is 6.29. The van der Waals surface area contributed by atoms with Gasteiger partial charge in [0, 0.05) is 18.5 Å². The van der Waals surface area contributed by atoms with Crippen LogP contribution in [0.1, 0.15) is 11.1 Å². The zero-order chi connectivity index (χ0) is 15.2. The topological polar surface area (TPSA) is 35.2 Å². The predicted molar refractivity (Wildman–Crippen MR) is 67.8 cm³/mol. The van der Waals surface area contributed by atoms with Crippen LogP contribution in [0.25, 0.3) is 0 Å². The van der Waals surface area contributed by atoms with E-state index in [2.05, 4.69) is 0 Å². The van der Waals surface area contributed by atoms with Crippen LogP contribution in [-0.4, -0.2) is 6.54 Å². The van der Waals surface area contributed by atoms with Gasteiger partial charge in [0.25, 0.3) is 0 Å². The molecule has 1 unspecified atom stereocenters. The third-order valence-electron chi connectivity index (χ3n) is 3.71. The number of fused-ring (bicyclic) bond motifs is 1. The number of hydrogen-bond acceptors (Lipinski definition) is 2. The van der Waals surface area contributed by atoms with Gasteiger partial charge < -0.3 is 10.5 Å². The fourth-order valence-corrected chi connectivity index (χ4v) is 2.57. The van der Waals surface area contributed by atoms with E-state index in [1.165, 1.54) is 0 Å².